The molecule has 0 saturated heterocycles. The molecule has 0 aliphatic rings. The monoisotopic (exact) mass is 414 g/mol. The van der Waals surface area contributed by atoms with Crippen molar-refractivity contribution in [1.29, 1.82) is 0 Å². The third-order valence-electron chi connectivity index (χ3n) is 4.35. The first-order valence-electron chi connectivity index (χ1n) is 9.34. The first-order valence-corrected chi connectivity index (χ1v) is 9.72. The summed E-state index contributed by atoms with van der Waals surface area (Å²) in [5.41, 5.74) is 2.12. The second-order valence-electron chi connectivity index (χ2n) is 6.18. The number of benzene rings is 1. The number of methoxy groups -OCH3 is 1. The molecule has 0 unspecified atom stereocenters. The van der Waals surface area contributed by atoms with Crippen LogP contribution in [0.15, 0.2) is 42.7 Å². The summed E-state index contributed by atoms with van der Waals surface area (Å²) in [6.45, 7) is 4.62. The molecule has 7 nitrogen and oxygen atoms in total. The van der Waals surface area contributed by atoms with Gasteiger partial charge in [0, 0.05) is 12.7 Å². The number of amides is 1. The minimum atomic E-state index is -0.215. The van der Waals surface area contributed by atoms with E-state index >= 15 is 0 Å². The van der Waals surface area contributed by atoms with E-state index in [9.17, 15) is 4.79 Å². The number of pyridine rings is 1. The van der Waals surface area contributed by atoms with Gasteiger partial charge in [-0.3, -0.25) is 4.79 Å². The van der Waals surface area contributed by atoms with Gasteiger partial charge in [0.2, 0.25) is 0 Å². The topological polar surface area (TPSA) is 78.3 Å². The van der Waals surface area contributed by atoms with Crippen LogP contribution in [-0.4, -0.2) is 34.4 Å². The van der Waals surface area contributed by atoms with E-state index in [1.54, 1.807) is 36.3 Å². The Bertz CT molecular complexity index is 989. The Labute approximate surface area is 174 Å². The number of carbonyl (C=O) groups excluding carboxylic acids is 1. The van der Waals surface area contributed by atoms with Gasteiger partial charge in [0.15, 0.2) is 17.3 Å². The van der Waals surface area contributed by atoms with Crippen molar-refractivity contribution in [1.82, 2.24) is 20.1 Å². The largest absolute Gasteiger partial charge is 0.493 e. The summed E-state index contributed by atoms with van der Waals surface area (Å²) < 4.78 is 12.6. The van der Waals surface area contributed by atoms with Crippen LogP contribution in [0, 0.1) is 0 Å². The Hall–Kier alpha value is -3.06. The molecule has 1 N–H and O–H groups in total. The quantitative estimate of drug-likeness (QED) is 0.606. The molecule has 0 saturated carbocycles. The molecule has 0 fully saturated rings. The summed E-state index contributed by atoms with van der Waals surface area (Å²) in [6, 6.07) is 9.12. The maximum atomic E-state index is 12.8. The second-order valence-corrected chi connectivity index (χ2v) is 6.59. The molecule has 0 aliphatic heterocycles. The van der Waals surface area contributed by atoms with Gasteiger partial charge in [-0.1, -0.05) is 24.6 Å². The number of carbonyl (C=O) groups is 1. The smallest absolute Gasteiger partial charge is 0.255 e. The van der Waals surface area contributed by atoms with Crippen LogP contribution in [0.3, 0.4) is 0 Å². The summed E-state index contributed by atoms with van der Waals surface area (Å²) in [6.07, 6.45) is 3.90. The van der Waals surface area contributed by atoms with Crippen LogP contribution in [-0.2, 0) is 13.0 Å². The van der Waals surface area contributed by atoms with Gasteiger partial charge < -0.3 is 14.8 Å². The van der Waals surface area contributed by atoms with Crippen molar-refractivity contribution in [3.63, 3.8) is 0 Å². The Morgan fingerprint density at radius 2 is 2.10 bits per heavy atom. The summed E-state index contributed by atoms with van der Waals surface area (Å²) >= 11 is 6.31. The zero-order chi connectivity index (χ0) is 20.8. The van der Waals surface area contributed by atoms with Crippen molar-refractivity contribution in [2.45, 2.75) is 26.8 Å². The van der Waals surface area contributed by atoms with Gasteiger partial charge in [0.05, 0.1) is 36.2 Å². The van der Waals surface area contributed by atoms with Crippen molar-refractivity contribution >= 4 is 17.5 Å². The lowest BCUT2D eigenvalue weighted by molar-refractivity contribution is 0.0950. The molecular weight excluding hydrogens is 392 g/mol. The molecule has 0 atom stereocenters. The molecule has 1 aromatic carbocycles. The minimum Gasteiger partial charge on any atom is -0.493 e. The van der Waals surface area contributed by atoms with Crippen molar-refractivity contribution in [2.75, 3.05) is 13.7 Å². The Kier molecular flexibility index (Phi) is 6.72. The Balaban J connectivity index is 1.78. The molecule has 0 spiro atoms. The molecular formula is C21H23ClN4O3. The molecule has 152 valence electrons. The first kappa shape index (κ1) is 20.7. The van der Waals surface area contributed by atoms with Crippen LogP contribution < -0.4 is 14.8 Å². The molecule has 29 heavy (non-hydrogen) atoms. The van der Waals surface area contributed by atoms with Gasteiger partial charge in [0.1, 0.15) is 0 Å². The molecule has 2 aromatic heterocycles. The van der Waals surface area contributed by atoms with Crippen LogP contribution in [0.5, 0.6) is 11.5 Å². The Morgan fingerprint density at radius 3 is 2.76 bits per heavy atom. The van der Waals surface area contributed by atoms with Crippen LogP contribution in [0.25, 0.3) is 5.82 Å². The van der Waals surface area contributed by atoms with Gasteiger partial charge in [-0.05, 0) is 43.2 Å². The Morgan fingerprint density at radius 1 is 1.28 bits per heavy atom. The average Bonchev–Trinajstić information content (AvgIpc) is 3.18. The highest BCUT2D eigenvalue weighted by Gasteiger charge is 2.18. The number of rotatable bonds is 8. The van der Waals surface area contributed by atoms with E-state index < -0.39 is 0 Å². The average molecular weight is 415 g/mol. The number of ether oxygens (including phenoxy) is 2. The highest BCUT2D eigenvalue weighted by molar-refractivity contribution is 6.32. The molecule has 1 amide bonds. The lowest BCUT2D eigenvalue weighted by Gasteiger charge is -2.13. The van der Waals surface area contributed by atoms with Crippen LogP contribution in [0.1, 0.15) is 35.5 Å². The molecule has 2 heterocycles. The highest BCUT2D eigenvalue weighted by Crippen LogP contribution is 2.36. The van der Waals surface area contributed by atoms with Crippen molar-refractivity contribution in [3.8, 4) is 17.3 Å². The summed E-state index contributed by atoms with van der Waals surface area (Å²) in [4.78, 5) is 17.1. The summed E-state index contributed by atoms with van der Waals surface area (Å²) in [5.74, 6) is 1.48. The van der Waals surface area contributed by atoms with E-state index in [4.69, 9.17) is 21.1 Å². The van der Waals surface area contributed by atoms with E-state index in [-0.39, 0.29) is 5.91 Å². The third-order valence-corrected chi connectivity index (χ3v) is 4.63. The van der Waals surface area contributed by atoms with Gasteiger partial charge in [0.25, 0.3) is 5.91 Å². The number of nitrogens with zero attached hydrogens (tertiary/aromatic N) is 3. The lowest BCUT2D eigenvalue weighted by Crippen LogP contribution is -2.24. The van der Waals surface area contributed by atoms with Crippen LogP contribution in [0.4, 0.5) is 0 Å². The zero-order valence-corrected chi connectivity index (χ0v) is 17.4. The van der Waals surface area contributed by atoms with Gasteiger partial charge >= 0.3 is 0 Å². The normalized spacial score (nSPS) is 10.6. The van der Waals surface area contributed by atoms with Gasteiger partial charge in [-0.25, -0.2) is 9.67 Å². The number of hydrogen-bond acceptors (Lipinski definition) is 5. The fourth-order valence-corrected chi connectivity index (χ4v) is 3.31. The standard InChI is InChI=1S/C21H23ClN4O3/c1-4-17-15(13-25-26(17)19-8-6-7-9-23-19)21(27)24-12-14-10-16(22)20(29-5-2)18(11-14)28-3/h6-11,13H,4-5,12H2,1-3H3,(H,24,27). The third kappa shape index (κ3) is 4.51. The van der Waals surface area contributed by atoms with E-state index in [2.05, 4.69) is 15.4 Å². The molecule has 0 bridgehead atoms. The van der Waals surface area contributed by atoms with E-state index in [1.165, 1.54) is 0 Å². The summed E-state index contributed by atoms with van der Waals surface area (Å²) in [5, 5.41) is 7.70. The molecule has 0 aliphatic carbocycles. The maximum absolute atomic E-state index is 12.8. The number of hydrogen-bond donors (Lipinski definition) is 1. The SMILES string of the molecule is CCOc1c(Cl)cc(CNC(=O)c2cnn(-c3ccccn3)c2CC)cc1OC. The number of nitrogens with one attached hydrogen (secondary N) is 1. The highest BCUT2D eigenvalue weighted by atomic mass is 35.5. The van der Waals surface area contributed by atoms with Crippen LogP contribution in [0.2, 0.25) is 5.02 Å². The summed E-state index contributed by atoms with van der Waals surface area (Å²) in [7, 11) is 1.55. The predicted molar refractivity (Wildman–Crippen MR) is 111 cm³/mol. The van der Waals surface area contributed by atoms with Crippen molar-refractivity contribution < 1.29 is 14.3 Å². The van der Waals surface area contributed by atoms with E-state index in [1.807, 2.05) is 32.0 Å². The first-order chi connectivity index (χ1) is 14.1. The molecule has 8 heteroatoms. The molecule has 3 rings (SSSR count). The van der Waals surface area contributed by atoms with Crippen LogP contribution >= 0.6 is 11.6 Å². The zero-order valence-electron chi connectivity index (χ0n) is 16.6. The maximum Gasteiger partial charge on any atom is 0.255 e. The molecule has 3 aromatic rings. The second kappa shape index (κ2) is 9.43. The molecule has 0 radical (unpaired) electrons. The minimum absolute atomic E-state index is 0.215. The fraction of sp³-hybridized carbons (Fsp3) is 0.286. The van der Waals surface area contributed by atoms with Crippen molar-refractivity contribution in [3.05, 3.63) is 64.6 Å². The number of halogens is 1. The van der Waals surface area contributed by atoms with Gasteiger partial charge in [-0.15, -0.1) is 0 Å². The fourth-order valence-electron chi connectivity index (χ4n) is 3.02. The predicted octanol–water partition coefficient (Wildman–Crippen LogP) is 3.82. The lowest BCUT2D eigenvalue weighted by atomic mass is 10.1. The van der Waals surface area contributed by atoms with Gasteiger partial charge in [-0.2, -0.15) is 5.10 Å². The van der Waals surface area contributed by atoms with E-state index in [0.717, 1.165) is 11.3 Å². The van der Waals surface area contributed by atoms with Crippen molar-refractivity contribution in [2.24, 2.45) is 0 Å². The van der Waals surface area contributed by atoms with E-state index in [0.29, 0.717) is 47.5 Å². The number of aromatic nitrogens is 3.